The number of benzene rings is 1. The second kappa shape index (κ2) is 5.05. The Hall–Kier alpha value is -1.82. The minimum absolute atomic E-state index is 0.179. The number of rotatable bonds is 4. The fourth-order valence-electron chi connectivity index (χ4n) is 1.97. The van der Waals surface area contributed by atoms with Crippen molar-refractivity contribution < 1.29 is 8.42 Å². The van der Waals surface area contributed by atoms with Crippen molar-refractivity contribution in [2.75, 3.05) is 4.72 Å². The lowest BCUT2D eigenvalue weighted by Gasteiger charge is -2.13. The second-order valence-electron chi connectivity index (χ2n) is 4.43. The molecule has 0 fully saturated rings. The molecule has 1 heterocycles. The van der Waals surface area contributed by atoms with Gasteiger partial charge in [0.1, 0.15) is 4.90 Å². The van der Waals surface area contributed by atoms with Crippen LogP contribution in [0, 0.1) is 13.8 Å². The van der Waals surface area contributed by atoms with Crippen LogP contribution in [-0.4, -0.2) is 18.6 Å². The van der Waals surface area contributed by atoms with Gasteiger partial charge in [0, 0.05) is 0 Å². The zero-order chi connectivity index (χ0) is 14.0. The summed E-state index contributed by atoms with van der Waals surface area (Å²) in [4.78, 5) is 0.179. The first kappa shape index (κ1) is 13.6. The number of hydrogen-bond acceptors (Lipinski definition) is 3. The third-order valence-electron chi connectivity index (χ3n) is 3.05. The number of aryl methyl sites for hydroxylation is 3. The summed E-state index contributed by atoms with van der Waals surface area (Å²) >= 11 is 0. The number of aromatic amines is 1. The van der Waals surface area contributed by atoms with Crippen molar-refractivity contribution in [2.45, 2.75) is 32.1 Å². The normalized spacial score (nSPS) is 11.5. The first-order valence-corrected chi connectivity index (χ1v) is 7.55. The molecular weight excluding hydrogens is 262 g/mol. The van der Waals surface area contributed by atoms with E-state index in [0.717, 1.165) is 17.5 Å². The Bertz CT molecular complexity index is 690. The number of para-hydroxylation sites is 1. The smallest absolute Gasteiger partial charge is 0.265 e. The number of aromatic nitrogens is 2. The maximum absolute atomic E-state index is 12.3. The van der Waals surface area contributed by atoms with Gasteiger partial charge in [0.15, 0.2) is 0 Å². The Morgan fingerprint density at radius 3 is 2.63 bits per heavy atom. The minimum atomic E-state index is -3.60. The van der Waals surface area contributed by atoms with Crippen molar-refractivity contribution in [2.24, 2.45) is 0 Å². The number of hydrogen-bond donors (Lipinski definition) is 2. The molecule has 2 rings (SSSR count). The molecule has 102 valence electrons. The zero-order valence-electron chi connectivity index (χ0n) is 11.2. The Labute approximate surface area is 113 Å². The van der Waals surface area contributed by atoms with Crippen molar-refractivity contribution >= 4 is 15.7 Å². The molecule has 1 aromatic heterocycles. The molecule has 1 aromatic carbocycles. The highest BCUT2D eigenvalue weighted by molar-refractivity contribution is 7.92. The van der Waals surface area contributed by atoms with Crippen molar-refractivity contribution in [3.8, 4) is 0 Å². The summed E-state index contributed by atoms with van der Waals surface area (Å²) in [5.74, 6) is 0. The maximum atomic E-state index is 12.3. The predicted molar refractivity (Wildman–Crippen MR) is 74.7 cm³/mol. The molecule has 0 bridgehead atoms. The van der Waals surface area contributed by atoms with Gasteiger partial charge in [-0.05, 0) is 31.4 Å². The highest BCUT2D eigenvalue weighted by Gasteiger charge is 2.20. The molecule has 0 amide bonds. The van der Waals surface area contributed by atoms with E-state index in [2.05, 4.69) is 14.9 Å². The monoisotopic (exact) mass is 279 g/mol. The van der Waals surface area contributed by atoms with Gasteiger partial charge in [-0.1, -0.05) is 25.1 Å². The molecule has 0 radical (unpaired) electrons. The zero-order valence-corrected chi connectivity index (χ0v) is 12.0. The molecule has 0 aliphatic carbocycles. The van der Waals surface area contributed by atoms with Gasteiger partial charge in [-0.3, -0.25) is 9.82 Å². The molecule has 2 N–H and O–H groups in total. The van der Waals surface area contributed by atoms with Gasteiger partial charge in [0.05, 0.1) is 17.6 Å². The van der Waals surface area contributed by atoms with E-state index in [4.69, 9.17) is 0 Å². The van der Waals surface area contributed by atoms with Crippen LogP contribution in [0.1, 0.15) is 23.7 Å². The van der Waals surface area contributed by atoms with Crippen LogP contribution in [0.3, 0.4) is 0 Å². The Kier molecular flexibility index (Phi) is 3.61. The van der Waals surface area contributed by atoms with E-state index in [0.29, 0.717) is 11.4 Å². The number of nitrogens with zero attached hydrogens (tertiary/aromatic N) is 1. The standard InChI is InChI=1S/C13H17N3O2S/c1-4-11-7-5-6-9(2)13(11)16-19(17,18)12-8-14-15-10(12)3/h5-8,16H,4H2,1-3H3,(H,14,15). The van der Waals surface area contributed by atoms with Crippen molar-refractivity contribution in [3.63, 3.8) is 0 Å². The van der Waals surface area contributed by atoms with Crippen LogP contribution in [0.5, 0.6) is 0 Å². The van der Waals surface area contributed by atoms with E-state index >= 15 is 0 Å². The predicted octanol–water partition coefficient (Wildman–Crippen LogP) is 2.39. The van der Waals surface area contributed by atoms with Gasteiger partial charge in [0.25, 0.3) is 10.0 Å². The van der Waals surface area contributed by atoms with Gasteiger partial charge >= 0.3 is 0 Å². The summed E-state index contributed by atoms with van der Waals surface area (Å²) in [6.45, 7) is 5.56. The van der Waals surface area contributed by atoms with E-state index in [-0.39, 0.29) is 4.90 Å². The summed E-state index contributed by atoms with van der Waals surface area (Å²) in [5.41, 5.74) is 3.07. The average Bonchev–Trinajstić information content (AvgIpc) is 2.79. The molecule has 5 nitrogen and oxygen atoms in total. The van der Waals surface area contributed by atoms with Crippen LogP contribution in [0.4, 0.5) is 5.69 Å². The molecular formula is C13H17N3O2S. The SMILES string of the molecule is CCc1cccc(C)c1NS(=O)(=O)c1cn[nH]c1C. The topological polar surface area (TPSA) is 74.8 Å². The lowest BCUT2D eigenvalue weighted by Crippen LogP contribution is -2.15. The van der Waals surface area contributed by atoms with Gasteiger partial charge in [-0.2, -0.15) is 5.10 Å². The van der Waals surface area contributed by atoms with E-state index in [9.17, 15) is 8.42 Å². The molecule has 0 saturated heterocycles. The summed E-state index contributed by atoms with van der Waals surface area (Å²) in [6, 6.07) is 5.74. The van der Waals surface area contributed by atoms with Crippen LogP contribution in [0.15, 0.2) is 29.3 Å². The van der Waals surface area contributed by atoms with Gasteiger partial charge < -0.3 is 0 Å². The van der Waals surface area contributed by atoms with Gasteiger partial charge in [-0.25, -0.2) is 8.42 Å². The van der Waals surface area contributed by atoms with Crippen molar-refractivity contribution in [1.29, 1.82) is 0 Å². The van der Waals surface area contributed by atoms with Crippen LogP contribution < -0.4 is 4.72 Å². The van der Waals surface area contributed by atoms with E-state index in [1.807, 2.05) is 32.0 Å². The Morgan fingerprint density at radius 1 is 1.32 bits per heavy atom. The quantitative estimate of drug-likeness (QED) is 0.902. The van der Waals surface area contributed by atoms with Crippen molar-refractivity contribution in [3.05, 3.63) is 41.2 Å². The van der Waals surface area contributed by atoms with Crippen molar-refractivity contribution in [1.82, 2.24) is 10.2 Å². The van der Waals surface area contributed by atoms with Crippen LogP contribution in [0.25, 0.3) is 0 Å². The fourth-order valence-corrected chi connectivity index (χ4v) is 3.28. The van der Waals surface area contributed by atoms with E-state index < -0.39 is 10.0 Å². The van der Waals surface area contributed by atoms with Gasteiger partial charge in [-0.15, -0.1) is 0 Å². The third-order valence-corrected chi connectivity index (χ3v) is 4.51. The Balaban J connectivity index is 2.45. The molecule has 2 aromatic rings. The number of anilines is 1. The first-order chi connectivity index (χ1) is 8.95. The molecule has 0 unspecified atom stereocenters. The molecule has 0 aliphatic rings. The highest BCUT2D eigenvalue weighted by atomic mass is 32.2. The lowest BCUT2D eigenvalue weighted by atomic mass is 10.1. The summed E-state index contributed by atoms with van der Waals surface area (Å²) < 4.78 is 27.3. The first-order valence-electron chi connectivity index (χ1n) is 6.07. The lowest BCUT2D eigenvalue weighted by molar-refractivity contribution is 0.600. The maximum Gasteiger partial charge on any atom is 0.265 e. The minimum Gasteiger partial charge on any atom is -0.281 e. The summed E-state index contributed by atoms with van der Waals surface area (Å²) in [5, 5.41) is 6.39. The van der Waals surface area contributed by atoms with Crippen LogP contribution in [-0.2, 0) is 16.4 Å². The Morgan fingerprint density at radius 2 is 2.05 bits per heavy atom. The number of nitrogens with one attached hydrogen (secondary N) is 2. The van der Waals surface area contributed by atoms with Crippen LogP contribution in [0.2, 0.25) is 0 Å². The third kappa shape index (κ3) is 2.63. The molecule has 19 heavy (non-hydrogen) atoms. The van der Waals surface area contributed by atoms with E-state index in [1.54, 1.807) is 6.92 Å². The van der Waals surface area contributed by atoms with Crippen LogP contribution >= 0.6 is 0 Å². The molecule has 6 heteroatoms. The summed E-state index contributed by atoms with van der Waals surface area (Å²) in [7, 11) is -3.60. The molecule has 0 atom stereocenters. The molecule has 0 aliphatic heterocycles. The highest BCUT2D eigenvalue weighted by Crippen LogP contribution is 2.25. The molecule has 0 saturated carbocycles. The fraction of sp³-hybridized carbons (Fsp3) is 0.308. The van der Waals surface area contributed by atoms with Gasteiger partial charge in [0.2, 0.25) is 0 Å². The largest absolute Gasteiger partial charge is 0.281 e. The number of H-pyrrole nitrogens is 1. The summed E-state index contributed by atoms with van der Waals surface area (Å²) in [6.07, 6.45) is 2.09. The van der Waals surface area contributed by atoms with E-state index in [1.165, 1.54) is 6.20 Å². The average molecular weight is 279 g/mol. The number of sulfonamides is 1. The molecule has 0 spiro atoms. The second-order valence-corrected chi connectivity index (χ2v) is 6.08.